The zero-order valence-corrected chi connectivity index (χ0v) is 12.1. The van der Waals surface area contributed by atoms with E-state index < -0.39 is 0 Å². The monoisotopic (exact) mass is 265 g/mol. The molecule has 1 atom stereocenters. The summed E-state index contributed by atoms with van der Waals surface area (Å²) in [6, 6.07) is 4.02. The van der Waals surface area contributed by atoms with Crippen molar-refractivity contribution in [3.05, 3.63) is 23.3 Å². The molecule has 1 aliphatic carbocycles. The molecule has 2 N–H and O–H groups in total. The van der Waals surface area contributed by atoms with Gasteiger partial charge in [0, 0.05) is 23.1 Å². The van der Waals surface area contributed by atoms with Gasteiger partial charge in [0.2, 0.25) is 0 Å². The third-order valence-electron chi connectivity index (χ3n) is 4.17. The Morgan fingerprint density at radius 1 is 1.32 bits per heavy atom. The lowest BCUT2D eigenvalue weighted by Crippen LogP contribution is -2.30. The van der Waals surface area contributed by atoms with Crippen LogP contribution in [0.1, 0.15) is 30.0 Å². The standard InChI is InChI=1S/C15H23NO3/c1-10-7-11(18-3)8-12(19-4)13(10)14(16-2)15(9-17)5-6-15/h7-8,14,16-17H,5-6,9H2,1-4H3. The number of methoxy groups -OCH3 is 2. The van der Waals surface area contributed by atoms with Gasteiger partial charge in [0.15, 0.2) is 0 Å². The Labute approximate surface area is 114 Å². The zero-order chi connectivity index (χ0) is 14.0. The van der Waals surface area contributed by atoms with Gasteiger partial charge in [-0.3, -0.25) is 0 Å². The summed E-state index contributed by atoms with van der Waals surface area (Å²) in [4.78, 5) is 0. The quantitative estimate of drug-likeness (QED) is 0.826. The fourth-order valence-corrected chi connectivity index (χ4v) is 2.85. The smallest absolute Gasteiger partial charge is 0.127 e. The van der Waals surface area contributed by atoms with E-state index in [1.54, 1.807) is 14.2 Å². The van der Waals surface area contributed by atoms with Crippen LogP contribution in [0.5, 0.6) is 11.5 Å². The summed E-state index contributed by atoms with van der Waals surface area (Å²) in [5.41, 5.74) is 2.20. The molecule has 4 nitrogen and oxygen atoms in total. The molecule has 0 amide bonds. The number of benzene rings is 1. The number of hydrogen-bond acceptors (Lipinski definition) is 4. The van der Waals surface area contributed by atoms with Gasteiger partial charge in [-0.05, 0) is 38.4 Å². The summed E-state index contributed by atoms with van der Waals surface area (Å²) in [6.07, 6.45) is 2.09. The summed E-state index contributed by atoms with van der Waals surface area (Å²) in [5.74, 6) is 1.61. The molecule has 2 rings (SSSR count). The molecule has 0 heterocycles. The first-order valence-electron chi connectivity index (χ1n) is 6.62. The van der Waals surface area contributed by atoms with E-state index in [1.165, 1.54) is 0 Å². The third kappa shape index (κ3) is 2.42. The topological polar surface area (TPSA) is 50.7 Å². The molecule has 1 aromatic rings. The Hall–Kier alpha value is -1.26. The van der Waals surface area contributed by atoms with E-state index in [0.29, 0.717) is 0 Å². The van der Waals surface area contributed by atoms with Crippen molar-refractivity contribution in [3.63, 3.8) is 0 Å². The Morgan fingerprint density at radius 2 is 2.00 bits per heavy atom. The molecule has 1 unspecified atom stereocenters. The van der Waals surface area contributed by atoms with E-state index in [4.69, 9.17) is 9.47 Å². The lowest BCUT2D eigenvalue weighted by molar-refractivity contribution is 0.173. The minimum atomic E-state index is -0.0403. The van der Waals surface area contributed by atoms with Crippen molar-refractivity contribution in [3.8, 4) is 11.5 Å². The summed E-state index contributed by atoms with van der Waals surface area (Å²) >= 11 is 0. The fourth-order valence-electron chi connectivity index (χ4n) is 2.85. The van der Waals surface area contributed by atoms with Crippen LogP contribution < -0.4 is 14.8 Å². The minimum absolute atomic E-state index is 0.0403. The number of hydrogen-bond donors (Lipinski definition) is 2. The Balaban J connectivity index is 2.48. The minimum Gasteiger partial charge on any atom is -0.497 e. The van der Waals surface area contributed by atoms with Crippen LogP contribution in [0.15, 0.2) is 12.1 Å². The van der Waals surface area contributed by atoms with Gasteiger partial charge in [-0.2, -0.15) is 0 Å². The lowest BCUT2D eigenvalue weighted by atomic mass is 9.87. The largest absolute Gasteiger partial charge is 0.497 e. The van der Waals surface area contributed by atoms with Crippen molar-refractivity contribution < 1.29 is 14.6 Å². The summed E-state index contributed by atoms with van der Waals surface area (Å²) in [6.45, 7) is 2.26. The number of ether oxygens (including phenoxy) is 2. The highest BCUT2D eigenvalue weighted by Crippen LogP contribution is 2.56. The highest BCUT2D eigenvalue weighted by Gasteiger charge is 2.50. The van der Waals surface area contributed by atoms with Crippen molar-refractivity contribution in [2.45, 2.75) is 25.8 Å². The number of aryl methyl sites for hydroxylation is 1. The first-order chi connectivity index (χ1) is 9.11. The van der Waals surface area contributed by atoms with Crippen molar-refractivity contribution in [1.29, 1.82) is 0 Å². The van der Waals surface area contributed by atoms with Gasteiger partial charge >= 0.3 is 0 Å². The molecule has 106 valence electrons. The van der Waals surface area contributed by atoms with Crippen molar-refractivity contribution in [1.82, 2.24) is 5.32 Å². The van der Waals surface area contributed by atoms with Gasteiger partial charge < -0.3 is 19.9 Å². The average Bonchev–Trinajstić information content (AvgIpc) is 3.21. The Bertz CT molecular complexity index is 455. The van der Waals surface area contributed by atoms with Crippen LogP contribution in [-0.2, 0) is 0 Å². The molecule has 0 aliphatic heterocycles. The molecule has 4 heteroatoms. The van der Waals surface area contributed by atoms with Crippen LogP contribution in [0.4, 0.5) is 0 Å². The number of aliphatic hydroxyl groups excluding tert-OH is 1. The third-order valence-corrected chi connectivity index (χ3v) is 4.17. The number of aliphatic hydroxyl groups is 1. The summed E-state index contributed by atoms with van der Waals surface area (Å²) in [5, 5.41) is 13.0. The van der Waals surface area contributed by atoms with Crippen molar-refractivity contribution >= 4 is 0 Å². The maximum atomic E-state index is 9.67. The van der Waals surface area contributed by atoms with E-state index in [9.17, 15) is 5.11 Å². The fraction of sp³-hybridized carbons (Fsp3) is 0.600. The van der Waals surface area contributed by atoms with Gasteiger partial charge in [-0.25, -0.2) is 0 Å². The van der Waals surface area contributed by atoms with Gasteiger partial charge in [-0.15, -0.1) is 0 Å². The molecule has 0 radical (unpaired) electrons. The van der Waals surface area contributed by atoms with Gasteiger partial charge in [0.1, 0.15) is 11.5 Å². The van der Waals surface area contributed by atoms with E-state index >= 15 is 0 Å². The zero-order valence-electron chi connectivity index (χ0n) is 12.1. The summed E-state index contributed by atoms with van der Waals surface area (Å²) in [7, 11) is 5.26. The molecule has 0 bridgehead atoms. The van der Waals surface area contributed by atoms with E-state index in [-0.39, 0.29) is 18.1 Å². The lowest BCUT2D eigenvalue weighted by Gasteiger charge is -2.28. The molecule has 1 fully saturated rings. The molecular weight excluding hydrogens is 242 g/mol. The second kappa shape index (κ2) is 5.39. The highest BCUT2D eigenvalue weighted by molar-refractivity contribution is 5.49. The molecule has 0 saturated heterocycles. The van der Waals surface area contributed by atoms with Crippen LogP contribution >= 0.6 is 0 Å². The second-order valence-corrected chi connectivity index (χ2v) is 5.30. The summed E-state index contributed by atoms with van der Waals surface area (Å²) < 4.78 is 10.8. The first-order valence-corrected chi connectivity index (χ1v) is 6.62. The Kier molecular flexibility index (Phi) is 4.02. The van der Waals surface area contributed by atoms with E-state index in [2.05, 4.69) is 12.2 Å². The van der Waals surface area contributed by atoms with Crippen LogP contribution in [0.25, 0.3) is 0 Å². The van der Waals surface area contributed by atoms with Crippen LogP contribution in [0.2, 0.25) is 0 Å². The molecule has 19 heavy (non-hydrogen) atoms. The maximum Gasteiger partial charge on any atom is 0.127 e. The molecule has 1 saturated carbocycles. The van der Waals surface area contributed by atoms with Crippen LogP contribution in [-0.4, -0.2) is 33.0 Å². The van der Waals surface area contributed by atoms with Crippen molar-refractivity contribution in [2.24, 2.45) is 5.41 Å². The molecule has 1 aromatic carbocycles. The molecule has 0 spiro atoms. The molecule has 0 aromatic heterocycles. The van der Waals surface area contributed by atoms with Gasteiger partial charge in [0.05, 0.1) is 20.8 Å². The SMILES string of the molecule is CNC(c1c(C)cc(OC)cc1OC)C1(CO)CC1. The average molecular weight is 265 g/mol. The van der Waals surface area contributed by atoms with Gasteiger partial charge in [0.25, 0.3) is 0 Å². The number of nitrogens with one attached hydrogen (secondary N) is 1. The Morgan fingerprint density at radius 3 is 2.42 bits per heavy atom. The van der Waals surface area contributed by atoms with Gasteiger partial charge in [-0.1, -0.05) is 0 Å². The maximum absolute atomic E-state index is 9.67. The van der Waals surface area contributed by atoms with E-state index in [1.807, 2.05) is 19.2 Å². The second-order valence-electron chi connectivity index (χ2n) is 5.30. The number of rotatable bonds is 6. The van der Waals surface area contributed by atoms with E-state index in [0.717, 1.165) is 35.5 Å². The molecule has 1 aliphatic rings. The van der Waals surface area contributed by atoms with Crippen LogP contribution in [0, 0.1) is 12.3 Å². The first kappa shape index (κ1) is 14.2. The predicted molar refractivity (Wildman–Crippen MR) is 74.8 cm³/mol. The normalized spacial score (nSPS) is 17.9. The van der Waals surface area contributed by atoms with Crippen molar-refractivity contribution in [2.75, 3.05) is 27.9 Å². The predicted octanol–water partition coefficient (Wildman–Crippen LogP) is 2.05. The van der Waals surface area contributed by atoms with Crippen LogP contribution in [0.3, 0.4) is 0 Å². The molecular formula is C15H23NO3. The highest BCUT2D eigenvalue weighted by atomic mass is 16.5.